The third-order valence-electron chi connectivity index (χ3n) is 4.19. The molecule has 0 saturated heterocycles. The van der Waals surface area contributed by atoms with Crippen LogP contribution in [0.4, 0.5) is 0 Å². The lowest BCUT2D eigenvalue weighted by molar-refractivity contribution is 0.171. The van der Waals surface area contributed by atoms with Gasteiger partial charge >= 0.3 is 0 Å². The van der Waals surface area contributed by atoms with E-state index in [0.29, 0.717) is 30.8 Å². The molecule has 0 fully saturated rings. The molecule has 3 aromatic rings. The summed E-state index contributed by atoms with van der Waals surface area (Å²) in [5, 5.41) is 16.9. The number of benzene rings is 1. The monoisotopic (exact) mass is 417 g/mol. The number of nitrogens with one attached hydrogen (secondary N) is 1. The average molecular weight is 418 g/mol. The van der Waals surface area contributed by atoms with Crippen molar-refractivity contribution in [3.05, 3.63) is 63.7 Å². The van der Waals surface area contributed by atoms with E-state index in [4.69, 9.17) is 16.3 Å². The van der Waals surface area contributed by atoms with Gasteiger partial charge in [-0.25, -0.2) is 9.97 Å². The molecule has 0 spiro atoms. The molecule has 0 bridgehead atoms. The van der Waals surface area contributed by atoms with E-state index in [2.05, 4.69) is 34.5 Å². The number of aliphatic hydroxyl groups excluding tert-OH is 1. The van der Waals surface area contributed by atoms with Crippen LogP contribution in [0.1, 0.15) is 36.4 Å². The van der Waals surface area contributed by atoms with E-state index in [1.807, 2.05) is 24.3 Å². The number of nitrogens with zero attached hydrogens (tertiary/aromatic N) is 2. The summed E-state index contributed by atoms with van der Waals surface area (Å²) in [6.07, 6.45) is 0.956. The minimum absolute atomic E-state index is 0.415. The number of hydrogen-bond acceptors (Lipinski definition) is 6. The predicted molar refractivity (Wildman–Crippen MR) is 114 cm³/mol. The molecule has 7 heteroatoms. The van der Waals surface area contributed by atoms with Gasteiger partial charge in [0.15, 0.2) is 0 Å². The highest BCUT2D eigenvalue weighted by Crippen LogP contribution is 2.27. The van der Waals surface area contributed by atoms with Crippen molar-refractivity contribution in [1.29, 1.82) is 0 Å². The molecule has 0 radical (unpaired) electrons. The van der Waals surface area contributed by atoms with Crippen molar-refractivity contribution in [2.24, 2.45) is 0 Å². The van der Waals surface area contributed by atoms with Gasteiger partial charge in [-0.15, -0.1) is 11.3 Å². The summed E-state index contributed by atoms with van der Waals surface area (Å²) in [6, 6.07) is 11.4. The van der Waals surface area contributed by atoms with Gasteiger partial charge in [0.25, 0.3) is 0 Å². The van der Waals surface area contributed by atoms with Crippen molar-refractivity contribution < 1.29 is 9.84 Å². The van der Waals surface area contributed by atoms with E-state index >= 15 is 0 Å². The Morgan fingerprint density at radius 3 is 2.61 bits per heavy atom. The van der Waals surface area contributed by atoms with E-state index in [0.717, 1.165) is 27.6 Å². The summed E-state index contributed by atoms with van der Waals surface area (Å²) >= 11 is 7.45. The molecule has 0 aliphatic heterocycles. The topological polar surface area (TPSA) is 67.3 Å². The molecule has 0 saturated carbocycles. The molecule has 0 aliphatic rings. The van der Waals surface area contributed by atoms with Crippen molar-refractivity contribution in [3.8, 4) is 17.0 Å². The van der Waals surface area contributed by atoms with Crippen molar-refractivity contribution >= 4 is 22.9 Å². The molecular weight excluding hydrogens is 394 g/mol. The summed E-state index contributed by atoms with van der Waals surface area (Å²) in [5.41, 5.74) is 2.83. The Bertz CT molecular complexity index is 866. The molecule has 0 amide bonds. The highest BCUT2D eigenvalue weighted by Gasteiger charge is 2.09. The number of pyridine rings is 1. The number of rotatable bonds is 9. The normalized spacial score (nSPS) is 12.3. The summed E-state index contributed by atoms with van der Waals surface area (Å²) < 4.78 is 5.75. The minimum Gasteiger partial charge on any atom is -0.492 e. The van der Waals surface area contributed by atoms with Crippen LogP contribution >= 0.6 is 22.9 Å². The minimum atomic E-state index is -0.627. The van der Waals surface area contributed by atoms with Gasteiger partial charge in [0.2, 0.25) is 0 Å². The predicted octanol–water partition coefficient (Wildman–Crippen LogP) is 4.68. The average Bonchev–Trinajstić information content (AvgIpc) is 3.19. The number of ether oxygens (including phenoxy) is 1. The van der Waals surface area contributed by atoms with Gasteiger partial charge in [0, 0.05) is 41.7 Å². The maximum Gasteiger partial charge on any atom is 0.129 e. The largest absolute Gasteiger partial charge is 0.492 e. The first-order valence-corrected chi connectivity index (χ1v) is 10.5. The lowest BCUT2D eigenvalue weighted by Gasteiger charge is -2.12. The van der Waals surface area contributed by atoms with Crippen molar-refractivity contribution in [1.82, 2.24) is 15.3 Å². The summed E-state index contributed by atoms with van der Waals surface area (Å²) in [5.74, 6) is 1.26. The molecular formula is C21H24ClN3O2S. The van der Waals surface area contributed by atoms with Crippen LogP contribution < -0.4 is 10.1 Å². The van der Waals surface area contributed by atoms with Gasteiger partial charge in [-0.3, -0.25) is 0 Å². The number of thiazole rings is 1. The van der Waals surface area contributed by atoms with Gasteiger partial charge in [-0.05, 0) is 30.3 Å². The molecule has 1 atom stereocenters. The highest BCUT2D eigenvalue weighted by atomic mass is 35.5. The summed E-state index contributed by atoms with van der Waals surface area (Å²) in [6.45, 7) is 5.87. The molecule has 2 aromatic heterocycles. The van der Waals surface area contributed by atoms with Gasteiger partial charge in [0.1, 0.15) is 17.5 Å². The van der Waals surface area contributed by atoms with Gasteiger partial charge in [0.05, 0.1) is 16.8 Å². The molecule has 2 heterocycles. The van der Waals surface area contributed by atoms with E-state index in [-0.39, 0.29) is 0 Å². The number of aliphatic hydroxyl groups is 1. The van der Waals surface area contributed by atoms with E-state index in [1.165, 1.54) is 0 Å². The fraction of sp³-hybridized carbons (Fsp3) is 0.333. The maximum absolute atomic E-state index is 10.1. The third-order valence-corrected chi connectivity index (χ3v) is 5.56. The van der Waals surface area contributed by atoms with Crippen LogP contribution in [0.25, 0.3) is 11.3 Å². The Hall–Kier alpha value is -1.99. The van der Waals surface area contributed by atoms with Crippen LogP contribution in [-0.4, -0.2) is 34.8 Å². The first-order chi connectivity index (χ1) is 13.5. The van der Waals surface area contributed by atoms with Crippen LogP contribution in [0.5, 0.6) is 5.75 Å². The van der Waals surface area contributed by atoms with Crippen LogP contribution in [0.2, 0.25) is 5.15 Å². The van der Waals surface area contributed by atoms with Crippen LogP contribution in [0.15, 0.2) is 48.0 Å². The van der Waals surface area contributed by atoms with Crippen LogP contribution in [0.3, 0.4) is 0 Å². The van der Waals surface area contributed by atoms with Gasteiger partial charge in [-0.2, -0.15) is 0 Å². The van der Waals surface area contributed by atoms with E-state index < -0.39 is 6.10 Å². The zero-order valence-electron chi connectivity index (χ0n) is 15.9. The molecule has 3 rings (SSSR count). The second kappa shape index (κ2) is 9.98. The Kier molecular flexibility index (Phi) is 7.39. The van der Waals surface area contributed by atoms with E-state index in [1.54, 1.807) is 29.7 Å². The molecule has 148 valence electrons. The Morgan fingerprint density at radius 1 is 1.18 bits per heavy atom. The molecule has 2 N–H and O–H groups in total. The fourth-order valence-corrected chi connectivity index (χ4v) is 3.55. The standard InChI is InChI=1S/C21H24ClN3O2S/c1-14(2)21-25-18(13-28-21)15-3-6-17(7-4-15)27-10-9-23-12-19(26)16-5-8-20(22)24-11-16/h3-8,11,13-14,19,23,26H,9-10,12H2,1-2H3/t19-/m0/s1. The Labute approximate surface area is 174 Å². The molecule has 0 unspecified atom stereocenters. The van der Waals surface area contributed by atoms with Gasteiger partial charge < -0.3 is 15.2 Å². The van der Waals surface area contributed by atoms with Crippen molar-refractivity contribution in [2.45, 2.75) is 25.9 Å². The molecule has 5 nitrogen and oxygen atoms in total. The van der Waals surface area contributed by atoms with Gasteiger partial charge in [-0.1, -0.05) is 31.5 Å². The zero-order valence-corrected chi connectivity index (χ0v) is 17.5. The highest BCUT2D eigenvalue weighted by molar-refractivity contribution is 7.10. The number of aromatic nitrogens is 2. The first kappa shape index (κ1) is 20.7. The Balaban J connectivity index is 1.40. The van der Waals surface area contributed by atoms with Crippen LogP contribution in [-0.2, 0) is 0 Å². The van der Waals surface area contributed by atoms with Crippen LogP contribution in [0, 0.1) is 0 Å². The number of hydrogen-bond donors (Lipinski definition) is 2. The first-order valence-electron chi connectivity index (χ1n) is 9.22. The Morgan fingerprint density at radius 2 is 1.96 bits per heavy atom. The lowest BCUT2D eigenvalue weighted by Crippen LogP contribution is -2.26. The second-order valence-electron chi connectivity index (χ2n) is 6.73. The van der Waals surface area contributed by atoms with E-state index in [9.17, 15) is 5.11 Å². The molecule has 0 aliphatic carbocycles. The van der Waals surface area contributed by atoms with Crippen molar-refractivity contribution in [2.75, 3.05) is 19.7 Å². The second-order valence-corrected chi connectivity index (χ2v) is 8.01. The number of halogens is 1. The smallest absolute Gasteiger partial charge is 0.129 e. The SMILES string of the molecule is CC(C)c1nc(-c2ccc(OCCNC[C@H](O)c3ccc(Cl)nc3)cc2)cs1. The molecule has 28 heavy (non-hydrogen) atoms. The molecule has 1 aromatic carbocycles. The third kappa shape index (κ3) is 5.75. The summed E-state index contributed by atoms with van der Waals surface area (Å²) in [7, 11) is 0. The quantitative estimate of drug-likeness (QED) is 0.390. The fourth-order valence-electron chi connectivity index (χ4n) is 2.59. The van der Waals surface area contributed by atoms with Crippen molar-refractivity contribution in [3.63, 3.8) is 0 Å². The summed E-state index contributed by atoms with van der Waals surface area (Å²) in [4.78, 5) is 8.65. The lowest BCUT2D eigenvalue weighted by atomic mass is 10.1. The zero-order chi connectivity index (χ0) is 19.9. The maximum atomic E-state index is 10.1.